The molecule has 4 rings (SSSR count). The van der Waals surface area contributed by atoms with Gasteiger partial charge in [-0.3, -0.25) is 4.79 Å². The zero-order chi connectivity index (χ0) is 20.9. The van der Waals surface area contributed by atoms with Gasteiger partial charge in [-0.2, -0.15) is 0 Å². The molecule has 0 spiro atoms. The van der Waals surface area contributed by atoms with Gasteiger partial charge in [-0.1, -0.05) is 24.3 Å². The number of amides is 1. The second kappa shape index (κ2) is 9.24. The van der Waals surface area contributed by atoms with Gasteiger partial charge >= 0.3 is 0 Å². The third-order valence-electron chi connectivity index (χ3n) is 6.32. The Bertz CT molecular complexity index is 1000. The summed E-state index contributed by atoms with van der Waals surface area (Å²) in [6.45, 7) is 0. The summed E-state index contributed by atoms with van der Waals surface area (Å²) in [5, 5.41) is 24.0. The van der Waals surface area contributed by atoms with E-state index in [1.807, 2.05) is 12.1 Å². The van der Waals surface area contributed by atoms with Crippen molar-refractivity contribution >= 4 is 16.8 Å². The number of carbonyl (C=O) groups is 1. The molecular weight excluding hydrogens is 376 g/mol. The highest BCUT2D eigenvalue weighted by atomic mass is 16.3. The molecular formula is C25H30N2O3. The van der Waals surface area contributed by atoms with Crippen LogP contribution in [-0.2, 0) is 11.2 Å². The van der Waals surface area contributed by atoms with Gasteiger partial charge in [-0.25, -0.2) is 0 Å². The van der Waals surface area contributed by atoms with Crippen LogP contribution in [-0.4, -0.2) is 27.1 Å². The van der Waals surface area contributed by atoms with Crippen molar-refractivity contribution in [1.82, 2.24) is 10.3 Å². The number of unbranched alkanes of at least 4 members (excludes halogenated alkanes) is 1. The number of nitrogens with one attached hydrogen (secondary N) is 2. The van der Waals surface area contributed by atoms with Crippen LogP contribution in [0.25, 0.3) is 10.9 Å². The molecule has 1 aliphatic rings. The number of hydrogen-bond donors (Lipinski definition) is 4. The molecule has 5 nitrogen and oxygen atoms in total. The van der Waals surface area contributed by atoms with Crippen LogP contribution in [0.5, 0.6) is 11.5 Å². The number of carbonyl (C=O) groups excluding carboxylic acids is 1. The van der Waals surface area contributed by atoms with E-state index in [1.165, 1.54) is 22.5 Å². The molecule has 1 fully saturated rings. The maximum atomic E-state index is 12.3. The van der Waals surface area contributed by atoms with Crippen LogP contribution < -0.4 is 5.32 Å². The molecule has 0 aliphatic heterocycles. The smallest absolute Gasteiger partial charge is 0.220 e. The second-order valence-corrected chi connectivity index (χ2v) is 8.43. The highest BCUT2D eigenvalue weighted by molar-refractivity contribution is 5.83. The summed E-state index contributed by atoms with van der Waals surface area (Å²) in [4.78, 5) is 15.6. The third kappa shape index (κ3) is 4.78. The number of rotatable bonds is 7. The number of H-pyrrole nitrogens is 1. The summed E-state index contributed by atoms with van der Waals surface area (Å²) in [5.74, 6) is 0.680. The predicted molar refractivity (Wildman–Crippen MR) is 119 cm³/mol. The van der Waals surface area contributed by atoms with Crippen LogP contribution in [0.2, 0.25) is 0 Å². The number of phenols is 2. The molecule has 1 saturated carbocycles. The van der Waals surface area contributed by atoms with Gasteiger partial charge in [0, 0.05) is 35.6 Å². The Morgan fingerprint density at radius 2 is 1.83 bits per heavy atom. The molecule has 30 heavy (non-hydrogen) atoms. The Labute approximate surface area is 177 Å². The predicted octanol–water partition coefficient (Wildman–Crippen LogP) is 5.13. The molecule has 3 aromatic rings. The first-order valence-corrected chi connectivity index (χ1v) is 11.0. The fourth-order valence-electron chi connectivity index (χ4n) is 4.67. The van der Waals surface area contributed by atoms with Gasteiger partial charge in [-0.05, 0) is 74.1 Å². The summed E-state index contributed by atoms with van der Waals surface area (Å²) >= 11 is 0. The van der Waals surface area contributed by atoms with Crippen molar-refractivity contribution in [1.29, 1.82) is 0 Å². The van der Waals surface area contributed by atoms with E-state index in [-0.39, 0.29) is 29.4 Å². The minimum Gasteiger partial charge on any atom is -0.508 e. The van der Waals surface area contributed by atoms with Crippen LogP contribution >= 0.6 is 0 Å². The Hall–Kier alpha value is -2.95. The zero-order valence-corrected chi connectivity index (χ0v) is 17.2. The fraction of sp³-hybridized carbons (Fsp3) is 0.400. The van der Waals surface area contributed by atoms with Crippen LogP contribution in [0.3, 0.4) is 0 Å². The lowest BCUT2D eigenvalue weighted by molar-refractivity contribution is -0.122. The molecule has 1 aliphatic carbocycles. The number of para-hydroxylation sites is 1. The third-order valence-corrected chi connectivity index (χ3v) is 6.32. The Kier molecular flexibility index (Phi) is 6.26. The van der Waals surface area contributed by atoms with E-state index in [4.69, 9.17) is 0 Å². The topological polar surface area (TPSA) is 85.4 Å². The lowest BCUT2D eigenvalue weighted by Gasteiger charge is -2.29. The van der Waals surface area contributed by atoms with Gasteiger partial charge in [0.25, 0.3) is 0 Å². The number of aryl methyl sites for hydroxylation is 1. The molecule has 0 saturated heterocycles. The average molecular weight is 407 g/mol. The highest BCUT2D eigenvalue weighted by Crippen LogP contribution is 2.38. The Morgan fingerprint density at radius 3 is 2.63 bits per heavy atom. The maximum absolute atomic E-state index is 12.3. The highest BCUT2D eigenvalue weighted by Gasteiger charge is 2.25. The van der Waals surface area contributed by atoms with E-state index in [0.29, 0.717) is 6.42 Å². The van der Waals surface area contributed by atoms with Crippen molar-refractivity contribution in [3.05, 3.63) is 59.8 Å². The standard InChI is InChI=1S/C25H30N2O3/c28-20-13-14-22(24(29)15-20)17-9-11-19(12-10-17)27-25(30)8-4-1-5-18-16-26-23-7-3-2-6-21(18)23/h2-3,6-7,13-17,19,26,28-29H,1,4-5,8-12H2,(H,27,30). The number of phenolic OH excluding ortho intramolecular Hbond substituents is 2. The molecule has 4 N–H and O–H groups in total. The van der Waals surface area contributed by atoms with Crippen LogP contribution in [0.1, 0.15) is 62.0 Å². The largest absolute Gasteiger partial charge is 0.508 e. The summed E-state index contributed by atoms with van der Waals surface area (Å²) < 4.78 is 0. The summed E-state index contributed by atoms with van der Waals surface area (Å²) in [5.41, 5.74) is 3.39. The minimum absolute atomic E-state index is 0.0851. The van der Waals surface area contributed by atoms with Gasteiger partial charge < -0.3 is 20.5 Å². The first kappa shape index (κ1) is 20.3. The van der Waals surface area contributed by atoms with Crippen LogP contribution in [0, 0.1) is 0 Å². The first-order valence-electron chi connectivity index (χ1n) is 11.0. The van der Waals surface area contributed by atoms with Gasteiger partial charge in [0.1, 0.15) is 11.5 Å². The molecule has 158 valence electrons. The number of aromatic amines is 1. The summed E-state index contributed by atoms with van der Waals surface area (Å²) in [6, 6.07) is 13.4. The van der Waals surface area contributed by atoms with Crippen molar-refractivity contribution in [2.24, 2.45) is 0 Å². The summed E-state index contributed by atoms with van der Waals surface area (Å²) in [6.07, 6.45) is 9.24. The number of aromatic nitrogens is 1. The molecule has 5 heteroatoms. The van der Waals surface area contributed by atoms with E-state index in [9.17, 15) is 15.0 Å². The molecule has 0 bridgehead atoms. The molecule has 1 amide bonds. The van der Waals surface area contributed by atoms with Gasteiger partial charge in [0.15, 0.2) is 0 Å². The van der Waals surface area contributed by atoms with E-state index in [2.05, 4.69) is 34.7 Å². The van der Waals surface area contributed by atoms with Gasteiger partial charge in [0.2, 0.25) is 5.91 Å². The quantitative estimate of drug-likeness (QED) is 0.410. The van der Waals surface area contributed by atoms with Crippen molar-refractivity contribution in [3.63, 3.8) is 0 Å². The van der Waals surface area contributed by atoms with E-state index >= 15 is 0 Å². The zero-order valence-electron chi connectivity index (χ0n) is 17.2. The number of aromatic hydroxyl groups is 2. The van der Waals surface area contributed by atoms with Crippen molar-refractivity contribution < 1.29 is 15.0 Å². The van der Waals surface area contributed by atoms with Crippen LogP contribution in [0.15, 0.2) is 48.7 Å². The average Bonchev–Trinajstić information content (AvgIpc) is 3.15. The molecule has 1 aromatic heterocycles. The maximum Gasteiger partial charge on any atom is 0.220 e. The van der Waals surface area contributed by atoms with E-state index < -0.39 is 0 Å². The molecule has 2 aromatic carbocycles. The van der Waals surface area contributed by atoms with Gasteiger partial charge in [0.05, 0.1) is 0 Å². The van der Waals surface area contributed by atoms with Gasteiger partial charge in [-0.15, -0.1) is 0 Å². The summed E-state index contributed by atoms with van der Waals surface area (Å²) in [7, 11) is 0. The number of benzene rings is 2. The fourth-order valence-corrected chi connectivity index (χ4v) is 4.67. The van der Waals surface area contributed by atoms with Crippen LogP contribution in [0.4, 0.5) is 0 Å². The minimum atomic E-state index is 0.0851. The van der Waals surface area contributed by atoms with Crippen molar-refractivity contribution in [2.45, 2.75) is 63.3 Å². The lowest BCUT2D eigenvalue weighted by atomic mass is 9.81. The van der Waals surface area contributed by atoms with E-state index in [0.717, 1.165) is 50.5 Å². The molecule has 0 atom stereocenters. The molecule has 1 heterocycles. The SMILES string of the molecule is O=C(CCCCc1c[nH]c2ccccc12)NC1CCC(c2ccc(O)cc2O)CC1. The monoisotopic (exact) mass is 406 g/mol. The normalized spacial score (nSPS) is 19.1. The van der Waals surface area contributed by atoms with Crippen molar-refractivity contribution in [2.75, 3.05) is 0 Å². The number of hydrogen-bond acceptors (Lipinski definition) is 3. The Balaban J connectivity index is 1.17. The number of fused-ring (bicyclic) bond motifs is 1. The van der Waals surface area contributed by atoms with E-state index in [1.54, 1.807) is 6.07 Å². The second-order valence-electron chi connectivity index (χ2n) is 8.43. The molecule has 0 radical (unpaired) electrons. The lowest BCUT2D eigenvalue weighted by Crippen LogP contribution is -2.37. The first-order chi connectivity index (χ1) is 14.6. The Morgan fingerprint density at radius 1 is 1.03 bits per heavy atom. The van der Waals surface area contributed by atoms with Crippen molar-refractivity contribution in [3.8, 4) is 11.5 Å². The molecule has 0 unspecified atom stereocenters.